The van der Waals surface area contributed by atoms with Crippen molar-refractivity contribution in [2.45, 2.75) is 13.5 Å². The average Bonchev–Trinajstić information content (AvgIpc) is 2.65. The molecule has 0 radical (unpaired) electrons. The number of piperazine rings is 1. The molecular weight excluding hydrogens is 352 g/mol. The summed E-state index contributed by atoms with van der Waals surface area (Å²) in [6.45, 7) is 8.66. The lowest BCUT2D eigenvalue weighted by molar-refractivity contribution is 0.112. The molecule has 1 aliphatic rings. The number of hydrogen-bond donors (Lipinski definition) is 0. The highest BCUT2D eigenvalue weighted by atomic mass is 35.5. The fourth-order valence-electron chi connectivity index (χ4n) is 3.02. The molecule has 1 fully saturated rings. The van der Waals surface area contributed by atoms with E-state index in [0.717, 1.165) is 61.2 Å². The lowest BCUT2D eigenvalue weighted by Crippen LogP contribution is -2.47. The normalized spacial score (nSPS) is 15.8. The molecule has 0 amide bonds. The van der Waals surface area contributed by atoms with Crippen LogP contribution in [0.4, 0.5) is 0 Å². The van der Waals surface area contributed by atoms with Crippen LogP contribution in [-0.4, -0.2) is 66.2 Å². The molecule has 0 spiro atoms. The number of halogens is 1. The highest BCUT2D eigenvalue weighted by Crippen LogP contribution is 2.21. The molecule has 0 N–H and O–H groups in total. The van der Waals surface area contributed by atoms with Crippen LogP contribution in [0.3, 0.4) is 0 Å². The van der Waals surface area contributed by atoms with Gasteiger partial charge in [0.25, 0.3) is 0 Å². The maximum absolute atomic E-state index is 5.98. The smallest absolute Gasteiger partial charge is 0.316 e. The summed E-state index contributed by atoms with van der Waals surface area (Å²) >= 11 is 5.98. The van der Waals surface area contributed by atoms with E-state index in [1.807, 2.05) is 37.5 Å². The van der Waals surface area contributed by atoms with Crippen molar-refractivity contribution >= 4 is 11.6 Å². The molecular formula is C19H25ClN4O2. The summed E-state index contributed by atoms with van der Waals surface area (Å²) in [5, 5.41) is 0.744. The molecule has 6 nitrogen and oxygen atoms in total. The molecule has 140 valence electrons. The van der Waals surface area contributed by atoms with E-state index < -0.39 is 0 Å². The van der Waals surface area contributed by atoms with E-state index in [4.69, 9.17) is 21.1 Å². The molecule has 0 atom stereocenters. The van der Waals surface area contributed by atoms with E-state index in [-0.39, 0.29) is 0 Å². The van der Waals surface area contributed by atoms with Crippen LogP contribution in [0.15, 0.2) is 30.6 Å². The number of ether oxygens (including phenoxy) is 2. The molecule has 7 heteroatoms. The van der Waals surface area contributed by atoms with E-state index in [2.05, 4.69) is 19.8 Å². The average molecular weight is 377 g/mol. The Morgan fingerprint density at radius 3 is 2.42 bits per heavy atom. The maximum atomic E-state index is 5.98. The molecule has 1 aromatic carbocycles. The van der Waals surface area contributed by atoms with E-state index in [0.29, 0.717) is 12.6 Å². The van der Waals surface area contributed by atoms with Gasteiger partial charge in [0.15, 0.2) is 0 Å². The van der Waals surface area contributed by atoms with Crippen LogP contribution in [0.25, 0.3) is 0 Å². The first-order chi connectivity index (χ1) is 12.6. The van der Waals surface area contributed by atoms with Gasteiger partial charge in [-0.05, 0) is 30.7 Å². The second-order valence-corrected chi connectivity index (χ2v) is 6.89. The number of aromatic nitrogens is 2. The molecule has 3 rings (SSSR count). The molecule has 26 heavy (non-hydrogen) atoms. The van der Waals surface area contributed by atoms with Crippen molar-refractivity contribution in [1.29, 1.82) is 0 Å². The van der Waals surface area contributed by atoms with Gasteiger partial charge in [-0.3, -0.25) is 9.80 Å². The van der Waals surface area contributed by atoms with E-state index in [1.54, 1.807) is 7.11 Å². The summed E-state index contributed by atoms with van der Waals surface area (Å²) in [5.41, 5.74) is 2.19. The summed E-state index contributed by atoms with van der Waals surface area (Å²) < 4.78 is 10.9. The second-order valence-electron chi connectivity index (χ2n) is 6.45. The van der Waals surface area contributed by atoms with Crippen LogP contribution >= 0.6 is 11.6 Å². The standard InChI is InChI=1S/C19H25ClN4O2/c1-15-11-17(20)3-4-18(15)26-10-9-23-5-7-24(8-6-23)14-16-12-21-19(25-2)22-13-16/h3-4,11-13H,5-10,14H2,1-2H3. The van der Waals surface area contributed by atoms with Crippen LogP contribution in [0, 0.1) is 6.92 Å². The van der Waals surface area contributed by atoms with Gasteiger partial charge in [0.05, 0.1) is 7.11 Å². The third kappa shape index (κ3) is 5.30. The van der Waals surface area contributed by atoms with Gasteiger partial charge in [-0.1, -0.05) is 11.6 Å². The minimum atomic E-state index is 0.412. The summed E-state index contributed by atoms with van der Waals surface area (Å²) in [4.78, 5) is 13.2. The van der Waals surface area contributed by atoms with Crippen LogP contribution in [0.5, 0.6) is 11.8 Å². The maximum Gasteiger partial charge on any atom is 0.316 e. The molecule has 1 aliphatic heterocycles. The third-order valence-electron chi connectivity index (χ3n) is 4.54. The number of methoxy groups -OCH3 is 1. The van der Waals surface area contributed by atoms with Gasteiger partial charge >= 0.3 is 6.01 Å². The Hall–Kier alpha value is -1.89. The van der Waals surface area contributed by atoms with Gasteiger partial charge < -0.3 is 9.47 Å². The first-order valence-electron chi connectivity index (χ1n) is 8.82. The topological polar surface area (TPSA) is 50.7 Å². The minimum Gasteiger partial charge on any atom is -0.492 e. The first-order valence-corrected chi connectivity index (χ1v) is 9.20. The second kappa shape index (κ2) is 9.16. The number of rotatable bonds is 7. The Kier molecular flexibility index (Phi) is 6.66. The van der Waals surface area contributed by atoms with Gasteiger partial charge in [0.2, 0.25) is 0 Å². The predicted octanol–water partition coefficient (Wildman–Crippen LogP) is 2.64. The zero-order valence-electron chi connectivity index (χ0n) is 15.3. The van der Waals surface area contributed by atoms with Crippen LogP contribution in [0.2, 0.25) is 5.02 Å². The monoisotopic (exact) mass is 376 g/mol. The third-order valence-corrected chi connectivity index (χ3v) is 4.77. The van der Waals surface area contributed by atoms with Crippen molar-refractivity contribution in [3.63, 3.8) is 0 Å². The summed E-state index contributed by atoms with van der Waals surface area (Å²) in [6.07, 6.45) is 3.67. The fraction of sp³-hybridized carbons (Fsp3) is 0.474. The largest absolute Gasteiger partial charge is 0.492 e. The minimum absolute atomic E-state index is 0.412. The van der Waals surface area contributed by atoms with Crippen molar-refractivity contribution in [2.24, 2.45) is 0 Å². The predicted molar refractivity (Wildman–Crippen MR) is 102 cm³/mol. The van der Waals surface area contributed by atoms with E-state index in [9.17, 15) is 0 Å². The zero-order valence-corrected chi connectivity index (χ0v) is 16.1. The van der Waals surface area contributed by atoms with Gasteiger partial charge in [-0.2, -0.15) is 0 Å². The quantitative estimate of drug-likeness (QED) is 0.740. The van der Waals surface area contributed by atoms with Crippen molar-refractivity contribution in [3.8, 4) is 11.8 Å². The molecule has 1 aromatic heterocycles. The number of hydrogen-bond acceptors (Lipinski definition) is 6. The lowest BCUT2D eigenvalue weighted by atomic mass is 10.2. The Bertz CT molecular complexity index is 703. The highest BCUT2D eigenvalue weighted by Gasteiger charge is 2.17. The van der Waals surface area contributed by atoms with Gasteiger partial charge in [-0.25, -0.2) is 9.97 Å². The molecule has 0 saturated carbocycles. The van der Waals surface area contributed by atoms with Gasteiger partial charge in [0, 0.05) is 62.2 Å². The molecule has 0 bridgehead atoms. The van der Waals surface area contributed by atoms with Crippen molar-refractivity contribution < 1.29 is 9.47 Å². The SMILES string of the molecule is COc1ncc(CN2CCN(CCOc3ccc(Cl)cc3C)CC2)cn1. The number of aryl methyl sites for hydroxylation is 1. The van der Waals surface area contributed by atoms with Crippen LogP contribution in [-0.2, 0) is 6.54 Å². The van der Waals surface area contributed by atoms with Crippen molar-refractivity contribution in [2.75, 3.05) is 46.4 Å². The Balaban J connectivity index is 1.38. The summed E-state index contributed by atoms with van der Waals surface area (Å²) in [6, 6.07) is 6.14. The lowest BCUT2D eigenvalue weighted by Gasteiger charge is -2.34. The van der Waals surface area contributed by atoms with Crippen LogP contribution in [0.1, 0.15) is 11.1 Å². The fourth-order valence-corrected chi connectivity index (χ4v) is 3.25. The summed E-state index contributed by atoms with van der Waals surface area (Å²) in [7, 11) is 1.58. The highest BCUT2D eigenvalue weighted by molar-refractivity contribution is 6.30. The Morgan fingerprint density at radius 2 is 1.77 bits per heavy atom. The molecule has 0 unspecified atom stereocenters. The Labute approximate surface area is 159 Å². The number of nitrogens with zero attached hydrogens (tertiary/aromatic N) is 4. The van der Waals surface area contributed by atoms with Gasteiger partial charge in [0.1, 0.15) is 12.4 Å². The Morgan fingerprint density at radius 1 is 1.08 bits per heavy atom. The zero-order chi connectivity index (χ0) is 18.4. The molecule has 2 heterocycles. The van der Waals surface area contributed by atoms with E-state index >= 15 is 0 Å². The van der Waals surface area contributed by atoms with Crippen LogP contribution < -0.4 is 9.47 Å². The number of benzene rings is 1. The molecule has 0 aliphatic carbocycles. The van der Waals surface area contributed by atoms with E-state index in [1.165, 1.54) is 0 Å². The summed E-state index contributed by atoms with van der Waals surface area (Å²) in [5.74, 6) is 0.910. The van der Waals surface area contributed by atoms with Crippen molar-refractivity contribution in [1.82, 2.24) is 19.8 Å². The van der Waals surface area contributed by atoms with Crippen molar-refractivity contribution in [3.05, 3.63) is 46.7 Å². The van der Waals surface area contributed by atoms with Gasteiger partial charge in [-0.15, -0.1) is 0 Å². The molecule has 2 aromatic rings. The molecule has 1 saturated heterocycles. The first kappa shape index (κ1) is 18.9.